The largest absolute Gasteiger partial charge is 0.492 e. The Morgan fingerprint density at radius 2 is 1.75 bits per heavy atom. The van der Waals surface area contributed by atoms with Crippen molar-refractivity contribution >= 4 is 11.9 Å². The van der Waals surface area contributed by atoms with Crippen molar-refractivity contribution in [1.82, 2.24) is 4.90 Å². The van der Waals surface area contributed by atoms with Gasteiger partial charge in [0.05, 0.1) is 0 Å². The van der Waals surface area contributed by atoms with Crippen molar-refractivity contribution in [2.45, 2.75) is 24.9 Å². The minimum Gasteiger partial charge on any atom is -0.492 e. The van der Waals surface area contributed by atoms with E-state index in [0.717, 1.165) is 16.7 Å². The second-order valence-electron chi connectivity index (χ2n) is 6.19. The number of carboxylic acids is 1. The van der Waals surface area contributed by atoms with Gasteiger partial charge in [-0.15, -0.1) is 0 Å². The minimum atomic E-state index is -0.968. The minimum absolute atomic E-state index is 0.179. The van der Waals surface area contributed by atoms with Crippen molar-refractivity contribution in [3.8, 4) is 5.75 Å². The topological polar surface area (TPSA) is 66.8 Å². The van der Waals surface area contributed by atoms with Crippen molar-refractivity contribution in [2.75, 3.05) is 6.61 Å². The molecule has 2 aromatic rings. The molecular formula is C19H17NO4. The van der Waals surface area contributed by atoms with Crippen LogP contribution in [0.3, 0.4) is 0 Å². The normalized spacial score (nSPS) is 21.6. The zero-order valence-corrected chi connectivity index (χ0v) is 13.0. The third-order valence-electron chi connectivity index (χ3n) is 4.81. The molecule has 2 aliphatic rings. The average Bonchev–Trinajstić information content (AvgIpc) is 3.04. The van der Waals surface area contributed by atoms with E-state index in [1.807, 2.05) is 48.5 Å². The van der Waals surface area contributed by atoms with Gasteiger partial charge in [0.2, 0.25) is 5.91 Å². The Bertz CT molecular complexity index is 817. The number of carboxylic acid groups (broad SMARTS) is 1. The highest BCUT2D eigenvalue weighted by Gasteiger charge is 2.40. The lowest BCUT2D eigenvalue weighted by atomic mass is 9.91. The number of hydrogen-bond donors (Lipinski definition) is 1. The summed E-state index contributed by atoms with van der Waals surface area (Å²) in [4.78, 5) is 26.3. The molecule has 0 bridgehead atoms. The molecular weight excluding hydrogens is 306 g/mol. The Balaban J connectivity index is 1.67. The highest BCUT2D eigenvalue weighted by atomic mass is 16.5. The van der Waals surface area contributed by atoms with Gasteiger partial charge in [-0.05, 0) is 17.2 Å². The van der Waals surface area contributed by atoms with E-state index in [2.05, 4.69) is 0 Å². The summed E-state index contributed by atoms with van der Waals surface area (Å²) in [7, 11) is 0. The quantitative estimate of drug-likeness (QED) is 0.920. The maximum absolute atomic E-state index is 13.1. The second-order valence-corrected chi connectivity index (χ2v) is 6.19. The summed E-state index contributed by atoms with van der Waals surface area (Å²) in [6, 6.07) is 14.3. The number of nitrogens with zero attached hydrogens (tertiary/aromatic N) is 1. The van der Waals surface area contributed by atoms with Crippen LogP contribution in [0, 0.1) is 0 Å². The number of amides is 1. The Morgan fingerprint density at radius 3 is 2.54 bits per heavy atom. The lowest BCUT2D eigenvalue weighted by Crippen LogP contribution is -2.50. The van der Waals surface area contributed by atoms with Crippen LogP contribution in [0.25, 0.3) is 0 Å². The first-order valence-electron chi connectivity index (χ1n) is 7.97. The molecule has 0 fully saturated rings. The lowest BCUT2D eigenvalue weighted by Gasteiger charge is -2.35. The van der Waals surface area contributed by atoms with Crippen molar-refractivity contribution in [1.29, 1.82) is 0 Å². The summed E-state index contributed by atoms with van der Waals surface area (Å²) in [5.74, 6) is -0.875. The van der Waals surface area contributed by atoms with E-state index in [1.54, 1.807) is 0 Å². The number of fused-ring (bicyclic) bond motifs is 2. The fourth-order valence-electron chi connectivity index (χ4n) is 3.54. The zero-order valence-electron chi connectivity index (χ0n) is 13.0. The van der Waals surface area contributed by atoms with Crippen LogP contribution in [0.15, 0.2) is 48.5 Å². The standard InChI is InChI=1S/C19H17NO4/c21-18(15-11-24-17-8-4-3-7-14(15)17)20-10-13-6-2-1-5-12(13)9-16(20)19(22)23/h1-8,15-16H,9-11H2,(H,22,23)/t15-,16-/m1/s1. The average molecular weight is 323 g/mol. The number of ether oxygens (including phenoxy) is 1. The molecule has 2 aliphatic heterocycles. The zero-order chi connectivity index (χ0) is 16.7. The van der Waals surface area contributed by atoms with E-state index < -0.39 is 17.9 Å². The van der Waals surface area contributed by atoms with Gasteiger partial charge in [-0.3, -0.25) is 4.79 Å². The van der Waals surface area contributed by atoms with Crippen molar-refractivity contribution in [3.63, 3.8) is 0 Å². The monoisotopic (exact) mass is 323 g/mol. The predicted octanol–water partition coefficient (Wildman–Crippen LogP) is 2.20. The molecule has 5 nitrogen and oxygen atoms in total. The number of carbonyl (C=O) groups excluding carboxylic acids is 1. The molecule has 5 heteroatoms. The number of rotatable bonds is 2. The van der Waals surface area contributed by atoms with Gasteiger partial charge >= 0.3 is 5.97 Å². The molecule has 0 aromatic heterocycles. The van der Waals surface area contributed by atoms with Gasteiger partial charge in [0, 0.05) is 18.5 Å². The van der Waals surface area contributed by atoms with Crippen LogP contribution in [0.2, 0.25) is 0 Å². The SMILES string of the molecule is O=C(O)[C@H]1Cc2ccccc2CN1C(=O)[C@@H]1COc2ccccc21. The lowest BCUT2D eigenvalue weighted by molar-refractivity contribution is -0.152. The van der Waals surface area contributed by atoms with Crippen LogP contribution < -0.4 is 4.74 Å². The smallest absolute Gasteiger partial charge is 0.326 e. The van der Waals surface area contributed by atoms with Gasteiger partial charge < -0.3 is 14.7 Å². The molecule has 2 atom stereocenters. The molecule has 0 saturated heterocycles. The Labute approximate surface area is 139 Å². The van der Waals surface area contributed by atoms with E-state index in [4.69, 9.17) is 4.74 Å². The number of para-hydroxylation sites is 1. The summed E-state index contributed by atoms with van der Waals surface area (Å²) in [5, 5.41) is 9.60. The molecule has 1 N–H and O–H groups in total. The van der Waals surface area contributed by atoms with E-state index in [-0.39, 0.29) is 12.5 Å². The van der Waals surface area contributed by atoms with Crippen molar-refractivity contribution in [2.24, 2.45) is 0 Å². The molecule has 4 rings (SSSR count). The Hall–Kier alpha value is -2.82. The molecule has 2 aromatic carbocycles. The van der Waals surface area contributed by atoms with Gasteiger partial charge in [0.15, 0.2) is 0 Å². The first-order valence-corrected chi connectivity index (χ1v) is 7.97. The summed E-state index contributed by atoms with van der Waals surface area (Å²) < 4.78 is 5.59. The summed E-state index contributed by atoms with van der Waals surface area (Å²) >= 11 is 0. The van der Waals surface area contributed by atoms with Gasteiger partial charge in [0.1, 0.15) is 24.3 Å². The number of benzene rings is 2. The fourth-order valence-corrected chi connectivity index (χ4v) is 3.54. The molecule has 2 heterocycles. The molecule has 24 heavy (non-hydrogen) atoms. The van der Waals surface area contributed by atoms with Crippen LogP contribution >= 0.6 is 0 Å². The predicted molar refractivity (Wildman–Crippen MR) is 86.8 cm³/mol. The molecule has 122 valence electrons. The fraction of sp³-hybridized carbons (Fsp3) is 0.263. The van der Waals surface area contributed by atoms with Gasteiger partial charge in [0.25, 0.3) is 0 Å². The summed E-state index contributed by atoms with van der Waals surface area (Å²) in [6.45, 7) is 0.591. The third kappa shape index (κ3) is 2.33. The van der Waals surface area contributed by atoms with E-state index in [0.29, 0.717) is 18.7 Å². The maximum Gasteiger partial charge on any atom is 0.326 e. The Kier molecular flexibility index (Phi) is 3.49. The first-order chi connectivity index (χ1) is 11.6. The van der Waals surface area contributed by atoms with Gasteiger partial charge in [-0.1, -0.05) is 42.5 Å². The highest BCUT2D eigenvalue weighted by Crippen LogP contribution is 2.36. The molecule has 1 amide bonds. The van der Waals surface area contributed by atoms with Crippen molar-refractivity contribution < 1.29 is 19.4 Å². The van der Waals surface area contributed by atoms with Crippen LogP contribution in [0.4, 0.5) is 0 Å². The van der Waals surface area contributed by atoms with Crippen LogP contribution in [0.5, 0.6) is 5.75 Å². The van der Waals surface area contributed by atoms with Gasteiger partial charge in [-0.2, -0.15) is 0 Å². The van der Waals surface area contributed by atoms with E-state index in [1.165, 1.54) is 4.90 Å². The maximum atomic E-state index is 13.1. The van der Waals surface area contributed by atoms with Crippen molar-refractivity contribution in [3.05, 3.63) is 65.2 Å². The van der Waals surface area contributed by atoms with Gasteiger partial charge in [-0.25, -0.2) is 4.79 Å². The first kappa shape index (κ1) is 14.8. The number of carbonyl (C=O) groups is 2. The van der Waals surface area contributed by atoms with E-state index >= 15 is 0 Å². The summed E-state index contributed by atoms with van der Waals surface area (Å²) in [5.41, 5.74) is 2.85. The Morgan fingerprint density at radius 1 is 1.04 bits per heavy atom. The molecule has 0 aliphatic carbocycles. The van der Waals surface area contributed by atoms with Crippen LogP contribution in [0.1, 0.15) is 22.6 Å². The van der Waals surface area contributed by atoms with Crippen LogP contribution in [-0.2, 0) is 22.6 Å². The molecule has 0 saturated carbocycles. The third-order valence-corrected chi connectivity index (χ3v) is 4.81. The number of hydrogen-bond acceptors (Lipinski definition) is 3. The second kappa shape index (κ2) is 5.67. The van der Waals surface area contributed by atoms with E-state index in [9.17, 15) is 14.7 Å². The highest BCUT2D eigenvalue weighted by molar-refractivity contribution is 5.90. The number of aliphatic carboxylic acids is 1. The summed E-state index contributed by atoms with van der Waals surface area (Å²) in [6.07, 6.45) is 0.340. The van der Waals surface area contributed by atoms with Crippen LogP contribution in [-0.4, -0.2) is 34.5 Å². The molecule has 0 unspecified atom stereocenters. The molecule has 0 spiro atoms. The molecule has 0 radical (unpaired) electrons.